The predicted molar refractivity (Wildman–Crippen MR) is 88.7 cm³/mol. The van der Waals surface area contributed by atoms with Gasteiger partial charge in [0.1, 0.15) is 11.3 Å². The zero-order valence-corrected chi connectivity index (χ0v) is 13.4. The summed E-state index contributed by atoms with van der Waals surface area (Å²) in [5, 5.41) is 0. The highest BCUT2D eigenvalue weighted by Crippen LogP contribution is 2.48. The van der Waals surface area contributed by atoms with Gasteiger partial charge in [0.15, 0.2) is 5.78 Å². The normalized spacial score (nSPS) is 23.3. The van der Waals surface area contributed by atoms with Gasteiger partial charge in [0.05, 0.1) is 13.0 Å². The number of nitrogens with zero attached hydrogens (tertiary/aromatic N) is 1. The number of hydrogen-bond acceptors (Lipinski definition) is 3. The van der Waals surface area contributed by atoms with Crippen LogP contribution in [0.1, 0.15) is 25.3 Å². The second kappa shape index (κ2) is 5.54. The van der Waals surface area contributed by atoms with Gasteiger partial charge in [-0.25, -0.2) is 0 Å². The third kappa shape index (κ3) is 2.22. The van der Waals surface area contributed by atoms with E-state index < -0.39 is 11.5 Å². The molecule has 2 atom stereocenters. The Hall–Kier alpha value is -2.62. The van der Waals surface area contributed by atoms with Crippen molar-refractivity contribution >= 4 is 17.4 Å². The van der Waals surface area contributed by atoms with Crippen LogP contribution < -0.4 is 9.64 Å². The van der Waals surface area contributed by atoms with Crippen molar-refractivity contribution in [2.75, 3.05) is 12.0 Å². The zero-order chi connectivity index (χ0) is 16.6. The van der Waals surface area contributed by atoms with E-state index in [0.29, 0.717) is 11.4 Å². The molecule has 4 nitrogen and oxygen atoms in total. The van der Waals surface area contributed by atoms with Crippen LogP contribution in [0.15, 0.2) is 54.6 Å². The molecular formula is C19H19NO3. The molecule has 2 aromatic carbocycles. The van der Waals surface area contributed by atoms with Gasteiger partial charge in [0.2, 0.25) is 5.91 Å². The first-order valence-corrected chi connectivity index (χ1v) is 7.54. The second-order valence-electron chi connectivity index (χ2n) is 5.92. The summed E-state index contributed by atoms with van der Waals surface area (Å²) in [6.45, 7) is 3.37. The van der Waals surface area contributed by atoms with E-state index in [1.807, 2.05) is 37.3 Å². The highest BCUT2D eigenvalue weighted by molar-refractivity contribution is 6.17. The molecule has 3 rings (SSSR count). The lowest BCUT2D eigenvalue weighted by atomic mass is 9.68. The molecule has 1 heterocycles. The van der Waals surface area contributed by atoms with E-state index in [4.69, 9.17) is 4.74 Å². The lowest BCUT2D eigenvalue weighted by Gasteiger charge is -2.54. The third-order valence-electron chi connectivity index (χ3n) is 4.67. The smallest absolute Gasteiger partial charge is 0.238 e. The average molecular weight is 309 g/mol. The van der Waals surface area contributed by atoms with Crippen molar-refractivity contribution in [1.29, 1.82) is 0 Å². The van der Waals surface area contributed by atoms with E-state index in [1.165, 1.54) is 0 Å². The molecule has 1 fully saturated rings. The standard InChI is InChI=1S/C19H19NO3/c1-13(21)19(2)17(14-7-5-4-6-8-14)18(22)20(19)15-9-11-16(23-3)12-10-15/h4-12,17H,1-3H3. The molecule has 2 unspecified atom stereocenters. The van der Waals surface area contributed by atoms with Crippen LogP contribution in [0, 0.1) is 0 Å². The Labute approximate surface area is 135 Å². The fraction of sp³-hybridized carbons (Fsp3) is 0.263. The Kier molecular flexibility index (Phi) is 3.68. The summed E-state index contributed by atoms with van der Waals surface area (Å²) in [6, 6.07) is 16.7. The van der Waals surface area contributed by atoms with Crippen LogP contribution in [0.3, 0.4) is 0 Å². The van der Waals surface area contributed by atoms with E-state index in [-0.39, 0.29) is 11.7 Å². The minimum absolute atomic E-state index is 0.0261. The van der Waals surface area contributed by atoms with Gasteiger partial charge in [0, 0.05) is 5.69 Å². The summed E-state index contributed by atoms with van der Waals surface area (Å²) in [7, 11) is 1.59. The van der Waals surface area contributed by atoms with Crippen LogP contribution in [0.25, 0.3) is 0 Å². The molecule has 1 amide bonds. The summed E-state index contributed by atoms with van der Waals surface area (Å²) in [6.07, 6.45) is 0. The van der Waals surface area contributed by atoms with Crippen LogP contribution in [-0.4, -0.2) is 24.3 Å². The minimum Gasteiger partial charge on any atom is -0.497 e. The monoisotopic (exact) mass is 309 g/mol. The molecule has 2 aromatic rings. The topological polar surface area (TPSA) is 46.6 Å². The van der Waals surface area contributed by atoms with Gasteiger partial charge < -0.3 is 4.74 Å². The van der Waals surface area contributed by atoms with Gasteiger partial charge in [-0.2, -0.15) is 0 Å². The zero-order valence-electron chi connectivity index (χ0n) is 13.4. The number of Topliss-reactive ketones (excluding diaryl/α,β-unsaturated/α-hetero) is 1. The van der Waals surface area contributed by atoms with Gasteiger partial charge in [-0.1, -0.05) is 30.3 Å². The Balaban J connectivity index is 2.01. The van der Waals surface area contributed by atoms with Crippen molar-refractivity contribution in [3.8, 4) is 5.75 Å². The SMILES string of the molecule is COc1ccc(N2C(=O)C(c3ccccc3)C2(C)C(C)=O)cc1. The first kappa shape index (κ1) is 15.3. The predicted octanol–water partition coefficient (Wildman–Crippen LogP) is 3.17. The number of hydrogen-bond donors (Lipinski definition) is 0. The molecule has 0 aromatic heterocycles. The van der Waals surface area contributed by atoms with Gasteiger partial charge in [-0.05, 0) is 43.7 Å². The van der Waals surface area contributed by atoms with Gasteiger partial charge >= 0.3 is 0 Å². The van der Waals surface area contributed by atoms with Gasteiger partial charge in [-0.15, -0.1) is 0 Å². The van der Waals surface area contributed by atoms with Gasteiger partial charge in [-0.3, -0.25) is 14.5 Å². The second-order valence-corrected chi connectivity index (χ2v) is 5.92. The molecule has 4 heteroatoms. The highest BCUT2D eigenvalue weighted by atomic mass is 16.5. The summed E-state index contributed by atoms with van der Waals surface area (Å²) < 4.78 is 5.15. The molecule has 0 N–H and O–H groups in total. The lowest BCUT2D eigenvalue weighted by Crippen LogP contribution is -2.71. The Bertz CT molecular complexity index is 739. The molecule has 1 saturated heterocycles. The number of amides is 1. The van der Waals surface area contributed by atoms with E-state index in [0.717, 1.165) is 5.56 Å². The lowest BCUT2D eigenvalue weighted by molar-refractivity contribution is -0.139. The van der Waals surface area contributed by atoms with E-state index in [9.17, 15) is 9.59 Å². The maximum atomic E-state index is 12.8. The number of anilines is 1. The number of ether oxygens (including phenoxy) is 1. The maximum Gasteiger partial charge on any atom is 0.238 e. The van der Waals surface area contributed by atoms with Crippen molar-refractivity contribution < 1.29 is 14.3 Å². The molecule has 23 heavy (non-hydrogen) atoms. The first-order chi connectivity index (χ1) is 11.0. The minimum atomic E-state index is -0.868. The highest BCUT2D eigenvalue weighted by Gasteiger charge is 2.61. The van der Waals surface area contributed by atoms with E-state index in [2.05, 4.69) is 0 Å². The Morgan fingerprint density at radius 2 is 1.70 bits per heavy atom. The van der Waals surface area contributed by atoms with E-state index in [1.54, 1.807) is 43.2 Å². The number of carbonyl (C=O) groups excluding carboxylic acids is 2. The largest absolute Gasteiger partial charge is 0.497 e. The Morgan fingerprint density at radius 3 is 2.22 bits per heavy atom. The molecule has 118 valence electrons. The molecule has 0 spiro atoms. The number of rotatable bonds is 4. The van der Waals surface area contributed by atoms with Crippen molar-refractivity contribution in [3.05, 3.63) is 60.2 Å². The first-order valence-electron chi connectivity index (χ1n) is 7.54. The van der Waals surface area contributed by atoms with Crippen molar-refractivity contribution in [3.63, 3.8) is 0 Å². The van der Waals surface area contributed by atoms with Crippen molar-refractivity contribution in [2.24, 2.45) is 0 Å². The molecule has 0 bridgehead atoms. The van der Waals surface area contributed by atoms with Gasteiger partial charge in [0.25, 0.3) is 0 Å². The number of ketones is 1. The quantitative estimate of drug-likeness (QED) is 0.815. The summed E-state index contributed by atoms with van der Waals surface area (Å²) in [4.78, 5) is 26.7. The van der Waals surface area contributed by atoms with E-state index >= 15 is 0 Å². The number of carbonyl (C=O) groups is 2. The fourth-order valence-corrected chi connectivity index (χ4v) is 3.26. The summed E-state index contributed by atoms with van der Waals surface area (Å²) >= 11 is 0. The number of methoxy groups -OCH3 is 1. The molecule has 1 aliphatic heterocycles. The molecule has 0 radical (unpaired) electrons. The van der Waals surface area contributed by atoms with Crippen LogP contribution in [-0.2, 0) is 9.59 Å². The molecule has 0 aliphatic carbocycles. The maximum absolute atomic E-state index is 12.8. The van der Waals surface area contributed by atoms with Crippen LogP contribution in [0.5, 0.6) is 5.75 Å². The van der Waals surface area contributed by atoms with Crippen LogP contribution in [0.2, 0.25) is 0 Å². The molecule has 0 saturated carbocycles. The van der Waals surface area contributed by atoms with Crippen LogP contribution >= 0.6 is 0 Å². The third-order valence-corrected chi connectivity index (χ3v) is 4.67. The number of benzene rings is 2. The molecular weight excluding hydrogens is 290 g/mol. The molecule has 1 aliphatic rings. The summed E-state index contributed by atoms with van der Waals surface area (Å²) in [5.74, 6) is 0.190. The Morgan fingerprint density at radius 1 is 1.09 bits per heavy atom. The average Bonchev–Trinajstić information content (AvgIpc) is 2.56. The summed E-state index contributed by atoms with van der Waals surface area (Å²) in [5.41, 5.74) is 0.716. The van der Waals surface area contributed by atoms with Crippen molar-refractivity contribution in [2.45, 2.75) is 25.3 Å². The van der Waals surface area contributed by atoms with Crippen molar-refractivity contribution in [1.82, 2.24) is 0 Å². The fourth-order valence-electron chi connectivity index (χ4n) is 3.26. The van der Waals surface area contributed by atoms with Crippen LogP contribution in [0.4, 0.5) is 5.69 Å². The number of β-lactam (4-membered cyclic amide) rings is 1.